The number of nitrogens with zero attached hydrogens (tertiary/aromatic N) is 3. The lowest BCUT2D eigenvalue weighted by atomic mass is 10.1. The van der Waals surface area contributed by atoms with Gasteiger partial charge in [-0.25, -0.2) is 0 Å². The van der Waals surface area contributed by atoms with Crippen molar-refractivity contribution in [3.63, 3.8) is 0 Å². The van der Waals surface area contributed by atoms with Crippen molar-refractivity contribution in [2.75, 3.05) is 31.1 Å². The predicted octanol–water partition coefficient (Wildman–Crippen LogP) is 4.22. The van der Waals surface area contributed by atoms with Crippen molar-refractivity contribution in [2.45, 2.75) is 6.42 Å². The standard InChI is InChI=1S/C19H17Cl2N3O/c20-16-4-1-3-14(11-16)19(25)24-8-2-7-23(9-10-24)18-6-5-17(21)12-15(18)13-22/h1,3-6,11-12H,2,7-10H2. The first-order chi connectivity index (χ1) is 12.1. The van der Waals surface area contributed by atoms with Crippen LogP contribution in [0.5, 0.6) is 0 Å². The summed E-state index contributed by atoms with van der Waals surface area (Å²) in [6.45, 7) is 2.73. The molecule has 1 aliphatic rings. The van der Waals surface area contributed by atoms with Crippen molar-refractivity contribution in [3.8, 4) is 6.07 Å². The van der Waals surface area contributed by atoms with Gasteiger partial charge in [0.1, 0.15) is 6.07 Å². The maximum Gasteiger partial charge on any atom is 0.253 e. The molecule has 0 radical (unpaired) electrons. The highest BCUT2D eigenvalue weighted by atomic mass is 35.5. The van der Waals surface area contributed by atoms with Crippen LogP contribution >= 0.6 is 23.2 Å². The van der Waals surface area contributed by atoms with Gasteiger partial charge in [0.25, 0.3) is 5.91 Å². The van der Waals surface area contributed by atoms with Crippen molar-refractivity contribution >= 4 is 34.8 Å². The Morgan fingerprint density at radius 1 is 1.00 bits per heavy atom. The summed E-state index contributed by atoms with van der Waals surface area (Å²) in [6, 6.07) is 14.6. The van der Waals surface area contributed by atoms with Crippen LogP contribution in [0, 0.1) is 11.3 Å². The Morgan fingerprint density at radius 2 is 1.80 bits per heavy atom. The topological polar surface area (TPSA) is 47.3 Å². The fourth-order valence-corrected chi connectivity index (χ4v) is 3.40. The Morgan fingerprint density at radius 3 is 2.56 bits per heavy atom. The maximum absolute atomic E-state index is 12.7. The molecule has 1 aliphatic heterocycles. The molecule has 2 aromatic rings. The summed E-state index contributed by atoms with van der Waals surface area (Å²) in [5, 5.41) is 10.5. The van der Waals surface area contributed by atoms with E-state index < -0.39 is 0 Å². The number of rotatable bonds is 2. The van der Waals surface area contributed by atoms with Crippen LogP contribution in [0.2, 0.25) is 10.0 Å². The van der Waals surface area contributed by atoms with Crippen molar-refractivity contribution in [1.29, 1.82) is 5.26 Å². The van der Waals surface area contributed by atoms with Crippen LogP contribution in [-0.2, 0) is 0 Å². The average molecular weight is 374 g/mol. The first-order valence-electron chi connectivity index (χ1n) is 8.08. The van der Waals surface area contributed by atoms with Crippen molar-refractivity contribution in [2.24, 2.45) is 0 Å². The molecule has 3 rings (SSSR count). The molecular weight excluding hydrogens is 357 g/mol. The quantitative estimate of drug-likeness (QED) is 0.791. The highest BCUT2D eigenvalue weighted by Gasteiger charge is 2.22. The molecule has 1 amide bonds. The molecule has 0 aromatic heterocycles. The summed E-state index contributed by atoms with van der Waals surface area (Å²) in [7, 11) is 0. The number of hydrogen-bond acceptors (Lipinski definition) is 3. The lowest BCUT2D eigenvalue weighted by Gasteiger charge is -2.24. The molecule has 0 unspecified atom stereocenters. The van der Waals surface area contributed by atoms with E-state index in [1.807, 2.05) is 11.0 Å². The molecule has 1 saturated heterocycles. The largest absolute Gasteiger partial charge is 0.369 e. The minimum atomic E-state index is -0.0130. The SMILES string of the molecule is N#Cc1cc(Cl)ccc1N1CCCN(C(=O)c2cccc(Cl)c2)CC1. The van der Waals surface area contributed by atoms with E-state index in [2.05, 4.69) is 11.0 Å². The molecule has 128 valence electrons. The summed E-state index contributed by atoms with van der Waals surface area (Å²) in [5.41, 5.74) is 2.02. The van der Waals surface area contributed by atoms with Gasteiger partial charge in [0.2, 0.25) is 0 Å². The van der Waals surface area contributed by atoms with E-state index in [4.69, 9.17) is 23.2 Å². The molecule has 6 heteroatoms. The summed E-state index contributed by atoms with van der Waals surface area (Å²) < 4.78 is 0. The molecule has 2 aromatic carbocycles. The number of hydrogen-bond donors (Lipinski definition) is 0. The van der Waals surface area contributed by atoms with Crippen LogP contribution < -0.4 is 4.90 Å². The van der Waals surface area contributed by atoms with Crippen LogP contribution in [-0.4, -0.2) is 37.0 Å². The van der Waals surface area contributed by atoms with Gasteiger partial charge < -0.3 is 9.80 Å². The van der Waals surface area contributed by atoms with Crippen LogP contribution in [0.1, 0.15) is 22.3 Å². The second-order valence-corrected chi connectivity index (χ2v) is 6.79. The third kappa shape index (κ3) is 4.07. The molecular formula is C19H17Cl2N3O. The minimum Gasteiger partial charge on any atom is -0.369 e. The van der Waals surface area contributed by atoms with Gasteiger partial charge in [-0.3, -0.25) is 4.79 Å². The van der Waals surface area contributed by atoms with Crippen LogP contribution in [0.15, 0.2) is 42.5 Å². The van der Waals surface area contributed by atoms with E-state index in [0.29, 0.717) is 40.8 Å². The second kappa shape index (κ2) is 7.77. The van der Waals surface area contributed by atoms with Crippen molar-refractivity contribution < 1.29 is 4.79 Å². The third-order valence-electron chi connectivity index (χ3n) is 4.27. The van der Waals surface area contributed by atoms with Gasteiger partial charge in [-0.05, 0) is 42.8 Å². The minimum absolute atomic E-state index is 0.0130. The van der Waals surface area contributed by atoms with Gasteiger partial charge >= 0.3 is 0 Å². The second-order valence-electron chi connectivity index (χ2n) is 5.92. The van der Waals surface area contributed by atoms with Gasteiger partial charge in [-0.1, -0.05) is 29.3 Å². The van der Waals surface area contributed by atoms with Gasteiger partial charge in [-0.2, -0.15) is 5.26 Å². The lowest BCUT2D eigenvalue weighted by molar-refractivity contribution is 0.0767. The van der Waals surface area contributed by atoms with E-state index in [0.717, 1.165) is 18.7 Å². The van der Waals surface area contributed by atoms with Crippen LogP contribution in [0.4, 0.5) is 5.69 Å². The summed E-state index contributed by atoms with van der Waals surface area (Å²) in [6.07, 6.45) is 0.833. The molecule has 0 N–H and O–H groups in total. The van der Waals surface area contributed by atoms with E-state index in [9.17, 15) is 10.1 Å². The highest BCUT2D eigenvalue weighted by Crippen LogP contribution is 2.25. The van der Waals surface area contributed by atoms with E-state index >= 15 is 0 Å². The molecule has 1 fully saturated rings. The molecule has 0 spiro atoms. The number of carbonyl (C=O) groups excluding carboxylic acids is 1. The summed E-state index contributed by atoms with van der Waals surface area (Å²) in [5.74, 6) is -0.0130. The molecule has 0 saturated carbocycles. The number of carbonyl (C=O) groups is 1. The van der Waals surface area contributed by atoms with Crippen LogP contribution in [0.3, 0.4) is 0 Å². The van der Waals surface area contributed by atoms with Gasteiger partial charge in [0.15, 0.2) is 0 Å². The number of halogens is 2. The van der Waals surface area contributed by atoms with Crippen LogP contribution in [0.25, 0.3) is 0 Å². The Hall–Kier alpha value is -2.22. The Bertz CT molecular complexity index is 832. The molecule has 0 atom stereocenters. The number of benzene rings is 2. The normalized spacial score (nSPS) is 14.8. The first kappa shape index (κ1) is 17.6. The number of amides is 1. The Balaban J connectivity index is 1.75. The first-order valence-corrected chi connectivity index (χ1v) is 8.83. The van der Waals surface area contributed by atoms with Crippen molar-refractivity contribution in [3.05, 3.63) is 63.6 Å². The zero-order valence-electron chi connectivity index (χ0n) is 13.6. The van der Waals surface area contributed by atoms with Crippen molar-refractivity contribution in [1.82, 2.24) is 4.90 Å². The number of nitriles is 1. The van der Waals surface area contributed by atoms with E-state index in [1.165, 1.54) is 0 Å². The zero-order chi connectivity index (χ0) is 17.8. The zero-order valence-corrected chi connectivity index (χ0v) is 15.1. The predicted molar refractivity (Wildman–Crippen MR) is 100 cm³/mol. The maximum atomic E-state index is 12.7. The Labute approximate surface area is 157 Å². The molecule has 0 aliphatic carbocycles. The molecule has 1 heterocycles. The summed E-state index contributed by atoms with van der Waals surface area (Å²) in [4.78, 5) is 16.7. The lowest BCUT2D eigenvalue weighted by Crippen LogP contribution is -2.35. The number of anilines is 1. The fraction of sp³-hybridized carbons (Fsp3) is 0.263. The Kier molecular flexibility index (Phi) is 5.47. The van der Waals surface area contributed by atoms with Gasteiger partial charge in [-0.15, -0.1) is 0 Å². The monoisotopic (exact) mass is 373 g/mol. The smallest absolute Gasteiger partial charge is 0.253 e. The molecule has 4 nitrogen and oxygen atoms in total. The molecule has 0 bridgehead atoms. The van der Waals surface area contributed by atoms with E-state index in [-0.39, 0.29) is 5.91 Å². The van der Waals surface area contributed by atoms with E-state index in [1.54, 1.807) is 36.4 Å². The fourth-order valence-electron chi connectivity index (χ4n) is 3.04. The average Bonchev–Trinajstić information content (AvgIpc) is 2.87. The third-order valence-corrected chi connectivity index (χ3v) is 4.74. The van der Waals surface area contributed by atoms with Gasteiger partial charge in [0.05, 0.1) is 11.3 Å². The molecule has 25 heavy (non-hydrogen) atoms. The highest BCUT2D eigenvalue weighted by molar-refractivity contribution is 6.31. The summed E-state index contributed by atoms with van der Waals surface area (Å²) >= 11 is 12.0. The van der Waals surface area contributed by atoms with Gasteiger partial charge in [0, 0.05) is 41.8 Å².